The number of nitrogens with one attached hydrogen (secondary N) is 1. The highest BCUT2D eigenvalue weighted by Crippen LogP contribution is 2.08. The Labute approximate surface area is 142 Å². The van der Waals surface area contributed by atoms with Gasteiger partial charge in [0.25, 0.3) is 0 Å². The molecule has 0 unspecified atom stereocenters. The molecule has 1 amide bonds. The van der Waals surface area contributed by atoms with Crippen molar-refractivity contribution in [2.75, 3.05) is 13.2 Å². The molecule has 132 valence electrons. The fraction of sp³-hybridized carbons (Fsp3) is 0.444. The van der Waals surface area contributed by atoms with Crippen molar-refractivity contribution in [3.05, 3.63) is 48.0 Å². The van der Waals surface area contributed by atoms with Crippen LogP contribution in [0.2, 0.25) is 0 Å². The summed E-state index contributed by atoms with van der Waals surface area (Å²) in [5.74, 6) is -1.31. The average molecular weight is 335 g/mol. The van der Waals surface area contributed by atoms with Crippen molar-refractivity contribution in [1.29, 1.82) is 0 Å². The Kier molecular flexibility index (Phi) is 7.98. The van der Waals surface area contributed by atoms with Gasteiger partial charge in [-0.2, -0.15) is 0 Å². The lowest BCUT2D eigenvalue weighted by Gasteiger charge is -2.21. The van der Waals surface area contributed by atoms with E-state index < -0.39 is 17.7 Å². The van der Waals surface area contributed by atoms with Crippen molar-refractivity contribution in [2.24, 2.45) is 5.92 Å². The van der Waals surface area contributed by atoms with E-state index >= 15 is 0 Å². The molecule has 0 aliphatic carbocycles. The van der Waals surface area contributed by atoms with E-state index in [0.29, 0.717) is 6.61 Å². The fourth-order valence-electron chi connectivity index (χ4n) is 1.83. The molecule has 1 aromatic rings. The van der Waals surface area contributed by atoms with E-state index in [1.165, 1.54) is 6.08 Å². The van der Waals surface area contributed by atoms with Gasteiger partial charge < -0.3 is 19.9 Å². The molecular formula is C18H25NO5. The van der Waals surface area contributed by atoms with E-state index in [9.17, 15) is 9.59 Å². The molecule has 0 radical (unpaired) electrons. The zero-order chi connectivity index (χ0) is 18.0. The average Bonchev–Trinajstić information content (AvgIpc) is 2.48. The van der Waals surface area contributed by atoms with Crippen LogP contribution in [-0.2, 0) is 20.9 Å². The van der Waals surface area contributed by atoms with Crippen LogP contribution >= 0.6 is 0 Å². The Bertz CT molecular complexity index is 548. The summed E-state index contributed by atoms with van der Waals surface area (Å²) in [6.07, 6.45) is 2.01. The van der Waals surface area contributed by atoms with Gasteiger partial charge in [0.1, 0.15) is 5.60 Å². The topological polar surface area (TPSA) is 84.9 Å². The first-order chi connectivity index (χ1) is 11.3. The van der Waals surface area contributed by atoms with Crippen molar-refractivity contribution in [3.8, 4) is 0 Å². The molecule has 0 fully saturated rings. The second-order valence-electron chi connectivity index (χ2n) is 6.34. The second kappa shape index (κ2) is 9.72. The monoisotopic (exact) mass is 335 g/mol. The lowest BCUT2D eigenvalue weighted by atomic mass is 10.1. The first-order valence-electron chi connectivity index (χ1n) is 7.76. The summed E-state index contributed by atoms with van der Waals surface area (Å²) >= 11 is 0. The van der Waals surface area contributed by atoms with E-state index in [1.807, 2.05) is 30.3 Å². The molecule has 6 heteroatoms. The maximum Gasteiger partial charge on any atom is 0.407 e. The van der Waals surface area contributed by atoms with E-state index in [0.717, 1.165) is 11.6 Å². The maximum absolute atomic E-state index is 11.7. The summed E-state index contributed by atoms with van der Waals surface area (Å²) in [6, 6.07) is 9.66. The van der Waals surface area contributed by atoms with Gasteiger partial charge in [0.05, 0.1) is 13.2 Å². The van der Waals surface area contributed by atoms with Gasteiger partial charge in [-0.3, -0.25) is 0 Å². The van der Waals surface area contributed by atoms with Crippen molar-refractivity contribution < 1.29 is 24.2 Å². The number of ether oxygens (including phenoxy) is 2. The zero-order valence-corrected chi connectivity index (χ0v) is 14.3. The Morgan fingerprint density at radius 2 is 1.92 bits per heavy atom. The van der Waals surface area contributed by atoms with E-state index in [4.69, 9.17) is 14.6 Å². The van der Waals surface area contributed by atoms with Gasteiger partial charge in [0.2, 0.25) is 0 Å². The van der Waals surface area contributed by atoms with Crippen molar-refractivity contribution in [3.63, 3.8) is 0 Å². The fourth-order valence-corrected chi connectivity index (χ4v) is 1.83. The largest absolute Gasteiger partial charge is 0.478 e. The van der Waals surface area contributed by atoms with Crippen molar-refractivity contribution in [1.82, 2.24) is 5.32 Å². The highest BCUT2D eigenvalue weighted by atomic mass is 16.6. The number of hydrogen-bond acceptors (Lipinski definition) is 4. The molecule has 0 spiro atoms. The van der Waals surface area contributed by atoms with Crippen LogP contribution in [0.5, 0.6) is 0 Å². The third-order valence-corrected chi connectivity index (χ3v) is 2.86. The lowest BCUT2D eigenvalue weighted by Crippen LogP contribution is -2.35. The molecule has 0 bridgehead atoms. The maximum atomic E-state index is 11.7. The lowest BCUT2D eigenvalue weighted by molar-refractivity contribution is -0.131. The molecule has 0 saturated carbocycles. The molecule has 1 aromatic carbocycles. The molecule has 0 aliphatic rings. The zero-order valence-electron chi connectivity index (χ0n) is 14.3. The third kappa shape index (κ3) is 9.63. The van der Waals surface area contributed by atoms with Crippen LogP contribution in [0, 0.1) is 5.92 Å². The van der Waals surface area contributed by atoms with Crippen LogP contribution in [0.4, 0.5) is 4.79 Å². The summed E-state index contributed by atoms with van der Waals surface area (Å²) in [6.45, 7) is 6.26. The van der Waals surface area contributed by atoms with Crippen LogP contribution in [0.3, 0.4) is 0 Å². The number of carboxylic acid groups (broad SMARTS) is 1. The molecule has 1 atom stereocenters. The highest BCUT2D eigenvalue weighted by molar-refractivity contribution is 5.79. The number of rotatable bonds is 8. The van der Waals surface area contributed by atoms with E-state index in [-0.39, 0.29) is 19.1 Å². The van der Waals surface area contributed by atoms with Gasteiger partial charge in [-0.1, -0.05) is 36.4 Å². The molecule has 0 aromatic heterocycles. The molecular weight excluding hydrogens is 310 g/mol. The molecule has 0 heterocycles. The summed E-state index contributed by atoms with van der Waals surface area (Å²) in [5, 5.41) is 11.4. The molecule has 0 aliphatic heterocycles. The number of carbonyl (C=O) groups excluding carboxylic acids is 1. The van der Waals surface area contributed by atoms with Crippen LogP contribution in [0.25, 0.3) is 0 Å². The van der Waals surface area contributed by atoms with Crippen LogP contribution < -0.4 is 5.32 Å². The third-order valence-electron chi connectivity index (χ3n) is 2.86. The summed E-state index contributed by atoms with van der Waals surface area (Å²) in [4.78, 5) is 22.4. The minimum Gasteiger partial charge on any atom is -0.478 e. The van der Waals surface area contributed by atoms with Crippen LogP contribution in [0.15, 0.2) is 42.5 Å². The first kappa shape index (κ1) is 19.7. The number of carbonyl (C=O) groups is 2. The summed E-state index contributed by atoms with van der Waals surface area (Å²) < 4.78 is 10.8. The van der Waals surface area contributed by atoms with Gasteiger partial charge in [-0.05, 0) is 26.3 Å². The number of carboxylic acids is 1. The highest BCUT2D eigenvalue weighted by Gasteiger charge is 2.17. The number of hydrogen-bond donors (Lipinski definition) is 2. The molecule has 1 rings (SSSR count). The number of alkyl carbamates (subject to hydrolysis) is 1. The van der Waals surface area contributed by atoms with Crippen LogP contribution in [-0.4, -0.2) is 35.9 Å². The Hall–Kier alpha value is -2.34. The Balaban J connectivity index is 2.48. The predicted octanol–water partition coefficient (Wildman–Crippen LogP) is 2.98. The van der Waals surface area contributed by atoms with Gasteiger partial charge in [0.15, 0.2) is 0 Å². The van der Waals surface area contributed by atoms with E-state index in [2.05, 4.69) is 5.32 Å². The number of aliphatic carboxylic acids is 1. The quantitative estimate of drug-likeness (QED) is 0.713. The van der Waals surface area contributed by atoms with Crippen molar-refractivity contribution >= 4 is 12.1 Å². The van der Waals surface area contributed by atoms with Crippen LogP contribution in [0.1, 0.15) is 26.3 Å². The number of amides is 1. The Morgan fingerprint density at radius 3 is 2.50 bits per heavy atom. The molecule has 6 nitrogen and oxygen atoms in total. The van der Waals surface area contributed by atoms with Gasteiger partial charge >= 0.3 is 12.1 Å². The molecule has 2 N–H and O–H groups in total. The molecule has 24 heavy (non-hydrogen) atoms. The van der Waals surface area contributed by atoms with Gasteiger partial charge in [-0.15, -0.1) is 0 Å². The molecule has 0 saturated heterocycles. The number of benzene rings is 1. The van der Waals surface area contributed by atoms with Gasteiger partial charge in [-0.25, -0.2) is 9.59 Å². The van der Waals surface area contributed by atoms with Crippen molar-refractivity contribution in [2.45, 2.75) is 33.0 Å². The van der Waals surface area contributed by atoms with E-state index in [1.54, 1.807) is 20.8 Å². The normalized spacial score (nSPS) is 12.8. The summed E-state index contributed by atoms with van der Waals surface area (Å²) in [5.41, 5.74) is 0.443. The SMILES string of the molecule is CC(C)(C)OC(=O)NC[C@H](/C=C\C(=O)O)COCc1ccccc1. The second-order valence-corrected chi connectivity index (χ2v) is 6.34. The smallest absolute Gasteiger partial charge is 0.407 e. The minimum absolute atomic E-state index is 0.230. The van der Waals surface area contributed by atoms with Gasteiger partial charge in [0, 0.05) is 18.5 Å². The Morgan fingerprint density at radius 1 is 1.25 bits per heavy atom. The standard InChI is InChI=1S/C18H25NO5/c1-18(2,3)24-17(22)19-11-15(9-10-16(20)21)13-23-12-14-7-5-4-6-8-14/h4-10,15H,11-13H2,1-3H3,(H,19,22)(H,20,21)/b10-9-/t15-/m0/s1. The summed E-state index contributed by atoms with van der Waals surface area (Å²) in [7, 11) is 0. The minimum atomic E-state index is -1.04. The predicted molar refractivity (Wildman–Crippen MR) is 90.6 cm³/mol. The first-order valence-corrected chi connectivity index (χ1v) is 7.76.